The molecule has 1 aromatic heterocycles. The van der Waals surface area contributed by atoms with Crippen LogP contribution in [0.4, 0.5) is 0 Å². The van der Waals surface area contributed by atoms with Gasteiger partial charge in [0.05, 0.1) is 11.3 Å². The number of hydrogen-bond acceptors (Lipinski definition) is 3. The average Bonchev–Trinajstić information content (AvgIpc) is 2.57. The molecule has 1 aromatic carbocycles. The van der Waals surface area contributed by atoms with Gasteiger partial charge in [0.2, 0.25) is 0 Å². The lowest BCUT2D eigenvalue weighted by Crippen LogP contribution is -2.47. The first kappa shape index (κ1) is 15.0. The molecular weight excluding hydrogens is 306 g/mol. The standard InChI is InChI=1S/C19H21NO2S/c21-19(12-16-4-3-5-17(13-19)23(16)22)15-9-7-14(8-10-15)18-6-1-2-11-20-18/h1-2,6-11,16-17,21H,3-5,12-13H2. The second-order valence-electron chi connectivity index (χ2n) is 6.74. The van der Waals surface area contributed by atoms with Gasteiger partial charge in [-0.25, -0.2) is 0 Å². The van der Waals surface area contributed by atoms with E-state index in [-0.39, 0.29) is 10.5 Å². The van der Waals surface area contributed by atoms with Crippen molar-refractivity contribution in [3.05, 3.63) is 54.2 Å². The zero-order valence-corrected chi connectivity index (χ0v) is 13.8. The van der Waals surface area contributed by atoms with E-state index in [1.165, 1.54) is 0 Å². The van der Waals surface area contributed by atoms with Crippen molar-refractivity contribution in [2.75, 3.05) is 0 Å². The van der Waals surface area contributed by atoms with Gasteiger partial charge in [0.1, 0.15) is 0 Å². The monoisotopic (exact) mass is 327 g/mol. The van der Waals surface area contributed by atoms with E-state index in [9.17, 15) is 9.32 Å². The summed E-state index contributed by atoms with van der Waals surface area (Å²) in [4.78, 5) is 4.36. The molecule has 0 spiro atoms. The van der Waals surface area contributed by atoms with Crippen LogP contribution in [0.1, 0.15) is 37.7 Å². The largest absolute Gasteiger partial charge is 0.385 e. The summed E-state index contributed by atoms with van der Waals surface area (Å²) in [5.41, 5.74) is 2.11. The molecule has 2 saturated heterocycles. The van der Waals surface area contributed by atoms with Crippen LogP contribution >= 0.6 is 0 Å². The third-order valence-corrected chi connectivity index (χ3v) is 7.34. The van der Waals surface area contributed by atoms with Gasteiger partial charge in [-0.2, -0.15) is 0 Å². The molecule has 2 bridgehead atoms. The smallest absolute Gasteiger partial charge is 0.0919 e. The molecule has 1 N–H and O–H groups in total. The predicted molar refractivity (Wildman–Crippen MR) is 92.4 cm³/mol. The molecule has 0 saturated carbocycles. The number of fused-ring (bicyclic) bond motifs is 2. The van der Waals surface area contributed by atoms with E-state index in [0.717, 1.165) is 36.1 Å². The molecule has 0 amide bonds. The highest BCUT2D eigenvalue weighted by atomic mass is 32.2. The van der Waals surface area contributed by atoms with Crippen LogP contribution in [0.15, 0.2) is 48.7 Å². The molecule has 2 atom stereocenters. The van der Waals surface area contributed by atoms with E-state index in [1.807, 2.05) is 42.5 Å². The summed E-state index contributed by atoms with van der Waals surface area (Å²) in [6, 6.07) is 13.9. The van der Waals surface area contributed by atoms with Gasteiger partial charge in [-0.1, -0.05) is 36.8 Å². The Kier molecular flexibility index (Phi) is 3.82. The molecule has 0 aliphatic carbocycles. The van der Waals surface area contributed by atoms with E-state index in [1.54, 1.807) is 6.20 Å². The van der Waals surface area contributed by atoms with Crippen LogP contribution in [0.25, 0.3) is 11.3 Å². The van der Waals surface area contributed by atoms with E-state index >= 15 is 0 Å². The van der Waals surface area contributed by atoms with Crippen molar-refractivity contribution >= 4 is 10.8 Å². The lowest BCUT2D eigenvalue weighted by molar-refractivity contribution is 0.00655. The van der Waals surface area contributed by atoms with Crippen molar-refractivity contribution in [1.82, 2.24) is 4.98 Å². The molecule has 4 heteroatoms. The Morgan fingerprint density at radius 3 is 2.35 bits per heavy atom. The van der Waals surface area contributed by atoms with Crippen LogP contribution < -0.4 is 0 Å². The predicted octanol–water partition coefficient (Wildman–Crippen LogP) is 3.40. The molecule has 2 fully saturated rings. The normalized spacial score (nSPS) is 33.3. The summed E-state index contributed by atoms with van der Waals surface area (Å²) in [5.74, 6) is 0. The Morgan fingerprint density at radius 1 is 1.04 bits per heavy atom. The summed E-state index contributed by atoms with van der Waals surface area (Å²) >= 11 is 0. The first-order chi connectivity index (χ1) is 11.2. The average molecular weight is 327 g/mol. The maximum Gasteiger partial charge on any atom is 0.0919 e. The Morgan fingerprint density at radius 2 is 1.74 bits per heavy atom. The van der Waals surface area contributed by atoms with Crippen molar-refractivity contribution in [3.8, 4) is 11.3 Å². The quantitative estimate of drug-likeness (QED) is 0.920. The third kappa shape index (κ3) is 2.74. The fourth-order valence-corrected chi connectivity index (χ4v) is 6.23. The second kappa shape index (κ2) is 5.84. The summed E-state index contributed by atoms with van der Waals surface area (Å²) in [6.07, 6.45) is 6.15. The summed E-state index contributed by atoms with van der Waals surface area (Å²) in [7, 11) is -0.760. The molecule has 2 aliphatic rings. The van der Waals surface area contributed by atoms with Gasteiger partial charge in [-0.3, -0.25) is 9.19 Å². The van der Waals surface area contributed by atoms with Gasteiger partial charge in [0, 0.05) is 33.1 Å². The zero-order valence-electron chi connectivity index (χ0n) is 13.0. The highest BCUT2D eigenvalue weighted by Gasteiger charge is 2.46. The maximum atomic E-state index is 12.4. The molecule has 2 aliphatic heterocycles. The molecule has 2 unspecified atom stereocenters. The first-order valence-corrected chi connectivity index (χ1v) is 9.57. The highest BCUT2D eigenvalue weighted by Crippen LogP contribution is 2.44. The van der Waals surface area contributed by atoms with Crippen LogP contribution in [0, 0.1) is 0 Å². The molecule has 4 rings (SSSR count). The third-order valence-electron chi connectivity index (χ3n) is 5.22. The number of nitrogens with zero attached hydrogens (tertiary/aromatic N) is 1. The lowest BCUT2D eigenvalue weighted by atomic mass is 9.80. The molecule has 23 heavy (non-hydrogen) atoms. The Balaban J connectivity index is 1.62. The fraction of sp³-hybridized carbons (Fsp3) is 0.421. The van der Waals surface area contributed by atoms with Crippen LogP contribution in [-0.2, 0) is 16.4 Å². The van der Waals surface area contributed by atoms with E-state index in [2.05, 4.69) is 4.98 Å². The SMILES string of the molecule is O=S1C2CCCC1CC(O)(c1ccc(-c3ccccn3)cc1)C2. The van der Waals surface area contributed by atoms with Gasteiger partial charge in [-0.15, -0.1) is 0 Å². The highest BCUT2D eigenvalue weighted by molar-refractivity contribution is 7.86. The van der Waals surface area contributed by atoms with Gasteiger partial charge in [-0.05, 0) is 43.4 Å². The number of hydrogen-bond donors (Lipinski definition) is 1. The van der Waals surface area contributed by atoms with E-state index < -0.39 is 16.4 Å². The number of aliphatic hydroxyl groups is 1. The Bertz CT molecular complexity index is 698. The van der Waals surface area contributed by atoms with Crippen LogP contribution in [-0.4, -0.2) is 24.8 Å². The first-order valence-electron chi connectivity index (χ1n) is 8.29. The number of benzene rings is 1. The van der Waals surface area contributed by atoms with Crippen LogP contribution in [0.5, 0.6) is 0 Å². The van der Waals surface area contributed by atoms with Gasteiger partial charge in [0.15, 0.2) is 0 Å². The number of rotatable bonds is 2. The maximum absolute atomic E-state index is 12.4. The lowest BCUT2D eigenvalue weighted by Gasteiger charge is -2.43. The molecular formula is C19H21NO2S. The molecule has 2 aromatic rings. The molecule has 3 heterocycles. The molecule has 120 valence electrons. The van der Waals surface area contributed by atoms with Gasteiger partial charge < -0.3 is 5.11 Å². The molecule has 3 nitrogen and oxygen atoms in total. The summed E-state index contributed by atoms with van der Waals surface area (Å²) in [5, 5.41) is 11.5. The van der Waals surface area contributed by atoms with E-state index in [4.69, 9.17) is 0 Å². The number of aromatic nitrogens is 1. The minimum Gasteiger partial charge on any atom is -0.385 e. The van der Waals surface area contributed by atoms with Crippen molar-refractivity contribution < 1.29 is 9.32 Å². The van der Waals surface area contributed by atoms with Crippen molar-refractivity contribution in [2.24, 2.45) is 0 Å². The fourth-order valence-electron chi connectivity index (χ4n) is 4.00. The van der Waals surface area contributed by atoms with Gasteiger partial charge >= 0.3 is 0 Å². The molecule has 0 radical (unpaired) electrons. The van der Waals surface area contributed by atoms with Crippen molar-refractivity contribution in [2.45, 2.75) is 48.2 Å². The minimum absolute atomic E-state index is 0.156. The van der Waals surface area contributed by atoms with Crippen molar-refractivity contribution in [1.29, 1.82) is 0 Å². The second-order valence-corrected chi connectivity index (χ2v) is 8.73. The topological polar surface area (TPSA) is 50.2 Å². The number of pyridine rings is 1. The van der Waals surface area contributed by atoms with E-state index in [0.29, 0.717) is 12.8 Å². The van der Waals surface area contributed by atoms with Gasteiger partial charge in [0.25, 0.3) is 0 Å². The van der Waals surface area contributed by atoms with Crippen LogP contribution in [0.2, 0.25) is 0 Å². The van der Waals surface area contributed by atoms with Crippen molar-refractivity contribution in [3.63, 3.8) is 0 Å². The Hall–Kier alpha value is -1.52. The minimum atomic E-state index is -0.827. The zero-order chi connectivity index (χ0) is 15.9. The summed E-state index contributed by atoms with van der Waals surface area (Å²) in [6.45, 7) is 0. The Labute approximate surface area is 139 Å². The summed E-state index contributed by atoms with van der Waals surface area (Å²) < 4.78 is 12.4. The van der Waals surface area contributed by atoms with Crippen LogP contribution in [0.3, 0.4) is 0 Å².